The number of esters is 2. The van der Waals surface area contributed by atoms with E-state index in [1.807, 2.05) is 0 Å². The molecule has 0 radical (unpaired) electrons. The van der Waals surface area contributed by atoms with Crippen LogP contribution in [0.4, 0.5) is 0 Å². The zero-order valence-corrected chi connectivity index (χ0v) is 19.2. The van der Waals surface area contributed by atoms with Crippen LogP contribution in [-0.4, -0.2) is 38.4 Å². The fourth-order valence-electron chi connectivity index (χ4n) is 3.14. The van der Waals surface area contributed by atoms with E-state index in [1.165, 1.54) is 64.2 Å². The highest BCUT2D eigenvalue weighted by Crippen LogP contribution is 2.11. The van der Waals surface area contributed by atoms with Crippen LogP contribution in [0.1, 0.15) is 117 Å². The molecule has 0 rings (SSSR count). The molecule has 0 aliphatic carbocycles. The Labute approximate surface area is 179 Å². The Hall–Kier alpha value is -1.10. The van der Waals surface area contributed by atoms with E-state index in [0.29, 0.717) is 13.2 Å². The van der Waals surface area contributed by atoms with Crippen molar-refractivity contribution in [2.24, 2.45) is 0 Å². The summed E-state index contributed by atoms with van der Waals surface area (Å²) >= 11 is 0. The van der Waals surface area contributed by atoms with Gasteiger partial charge in [0.05, 0.1) is 13.2 Å². The summed E-state index contributed by atoms with van der Waals surface area (Å²) in [6.45, 7) is 4.86. The molecule has 0 aromatic heterocycles. The van der Waals surface area contributed by atoms with Gasteiger partial charge in [-0.05, 0) is 12.8 Å². The molecule has 172 valence electrons. The highest BCUT2D eigenvalue weighted by atomic mass is 16.6. The third-order valence-electron chi connectivity index (χ3n) is 4.96. The predicted molar refractivity (Wildman–Crippen MR) is 118 cm³/mol. The molecule has 5 heteroatoms. The Kier molecular flexibility index (Phi) is 22.3. The summed E-state index contributed by atoms with van der Waals surface area (Å²) in [5.41, 5.74) is 0. The van der Waals surface area contributed by atoms with Crippen LogP contribution in [0.3, 0.4) is 0 Å². The number of carbonyl (C=O) groups is 2. The van der Waals surface area contributed by atoms with Crippen molar-refractivity contribution < 1.29 is 23.8 Å². The topological polar surface area (TPSA) is 61.8 Å². The molecule has 0 fully saturated rings. The fourth-order valence-corrected chi connectivity index (χ4v) is 3.14. The quantitative estimate of drug-likeness (QED) is 0.152. The van der Waals surface area contributed by atoms with Gasteiger partial charge in [-0.3, -0.25) is 0 Å². The molecular formula is C24H46O5. The predicted octanol–water partition coefficient (Wildman–Crippen LogP) is 6.37. The van der Waals surface area contributed by atoms with Crippen LogP contribution < -0.4 is 0 Å². The highest BCUT2D eigenvalue weighted by molar-refractivity contribution is 5.73. The SMILES string of the molecule is CCCCCCCCCCCCCCOC(=O)COCC(=O)OCCCCCC. The van der Waals surface area contributed by atoms with Crippen LogP contribution in [0.2, 0.25) is 0 Å². The monoisotopic (exact) mass is 414 g/mol. The zero-order chi connectivity index (χ0) is 21.4. The van der Waals surface area contributed by atoms with Crippen molar-refractivity contribution in [2.45, 2.75) is 117 Å². The van der Waals surface area contributed by atoms with Crippen LogP contribution >= 0.6 is 0 Å². The molecule has 0 aromatic carbocycles. The maximum atomic E-state index is 11.6. The molecule has 0 saturated carbocycles. The van der Waals surface area contributed by atoms with E-state index in [1.54, 1.807) is 0 Å². The van der Waals surface area contributed by atoms with Crippen molar-refractivity contribution in [1.29, 1.82) is 0 Å². The van der Waals surface area contributed by atoms with E-state index in [4.69, 9.17) is 14.2 Å². The first-order chi connectivity index (χ1) is 14.2. The van der Waals surface area contributed by atoms with Gasteiger partial charge in [-0.2, -0.15) is 0 Å². The Morgan fingerprint density at radius 1 is 0.483 bits per heavy atom. The Morgan fingerprint density at radius 2 is 0.793 bits per heavy atom. The molecule has 29 heavy (non-hydrogen) atoms. The van der Waals surface area contributed by atoms with E-state index in [-0.39, 0.29) is 13.2 Å². The van der Waals surface area contributed by atoms with Gasteiger partial charge in [0.25, 0.3) is 0 Å². The number of hydrogen-bond acceptors (Lipinski definition) is 5. The fraction of sp³-hybridized carbons (Fsp3) is 0.917. The summed E-state index contributed by atoms with van der Waals surface area (Å²) in [6, 6.07) is 0. The maximum absolute atomic E-state index is 11.6. The van der Waals surface area contributed by atoms with Crippen molar-refractivity contribution in [3.8, 4) is 0 Å². The zero-order valence-electron chi connectivity index (χ0n) is 19.2. The van der Waals surface area contributed by atoms with Gasteiger partial charge in [0, 0.05) is 0 Å². The van der Waals surface area contributed by atoms with Crippen molar-refractivity contribution in [1.82, 2.24) is 0 Å². The molecule has 0 amide bonds. The summed E-state index contributed by atoms with van der Waals surface area (Å²) in [5, 5.41) is 0. The van der Waals surface area contributed by atoms with Gasteiger partial charge in [-0.25, -0.2) is 9.59 Å². The molecule has 0 saturated heterocycles. The van der Waals surface area contributed by atoms with Crippen molar-refractivity contribution in [3.63, 3.8) is 0 Å². The van der Waals surface area contributed by atoms with Gasteiger partial charge < -0.3 is 14.2 Å². The van der Waals surface area contributed by atoms with E-state index in [2.05, 4.69) is 13.8 Å². The van der Waals surface area contributed by atoms with Gasteiger partial charge in [0.2, 0.25) is 0 Å². The summed E-state index contributed by atoms with van der Waals surface area (Å²) in [6.07, 6.45) is 19.6. The number of unbranched alkanes of at least 4 members (excludes halogenated alkanes) is 14. The van der Waals surface area contributed by atoms with Crippen molar-refractivity contribution in [3.05, 3.63) is 0 Å². The Balaban J connectivity index is 3.26. The number of rotatable bonds is 22. The van der Waals surface area contributed by atoms with Gasteiger partial charge >= 0.3 is 11.9 Å². The molecule has 0 aliphatic heterocycles. The first-order valence-electron chi connectivity index (χ1n) is 12.1. The minimum absolute atomic E-state index is 0.191. The maximum Gasteiger partial charge on any atom is 0.332 e. The van der Waals surface area contributed by atoms with E-state index < -0.39 is 11.9 Å². The van der Waals surface area contributed by atoms with E-state index in [0.717, 1.165) is 38.5 Å². The highest BCUT2D eigenvalue weighted by Gasteiger charge is 2.07. The molecule has 0 bridgehead atoms. The first-order valence-corrected chi connectivity index (χ1v) is 12.1. The molecule has 0 aromatic rings. The number of hydrogen-bond donors (Lipinski definition) is 0. The van der Waals surface area contributed by atoms with Gasteiger partial charge in [0.15, 0.2) is 0 Å². The Bertz CT molecular complexity index is 370. The van der Waals surface area contributed by atoms with Crippen molar-refractivity contribution >= 4 is 11.9 Å². The summed E-state index contributed by atoms with van der Waals surface area (Å²) < 4.78 is 15.2. The average Bonchev–Trinajstić information content (AvgIpc) is 2.71. The summed E-state index contributed by atoms with van der Waals surface area (Å²) in [7, 11) is 0. The largest absolute Gasteiger partial charge is 0.464 e. The van der Waals surface area contributed by atoms with Crippen LogP contribution in [0, 0.1) is 0 Å². The smallest absolute Gasteiger partial charge is 0.332 e. The van der Waals surface area contributed by atoms with Crippen LogP contribution in [0.25, 0.3) is 0 Å². The lowest BCUT2D eigenvalue weighted by atomic mass is 10.1. The lowest BCUT2D eigenvalue weighted by molar-refractivity contribution is -0.155. The minimum atomic E-state index is -0.421. The van der Waals surface area contributed by atoms with Gasteiger partial charge in [0.1, 0.15) is 13.2 Å². The van der Waals surface area contributed by atoms with Crippen LogP contribution in [0.15, 0.2) is 0 Å². The number of carbonyl (C=O) groups excluding carboxylic acids is 2. The summed E-state index contributed by atoms with van der Waals surface area (Å²) in [4.78, 5) is 23.0. The van der Waals surface area contributed by atoms with E-state index >= 15 is 0 Å². The molecule has 0 heterocycles. The second kappa shape index (κ2) is 23.2. The third-order valence-corrected chi connectivity index (χ3v) is 4.96. The van der Waals surface area contributed by atoms with Gasteiger partial charge in [-0.1, -0.05) is 104 Å². The normalized spacial score (nSPS) is 10.8. The lowest BCUT2D eigenvalue weighted by Gasteiger charge is -2.07. The first kappa shape index (κ1) is 27.9. The van der Waals surface area contributed by atoms with Gasteiger partial charge in [-0.15, -0.1) is 0 Å². The lowest BCUT2D eigenvalue weighted by Crippen LogP contribution is -2.19. The van der Waals surface area contributed by atoms with Crippen LogP contribution in [-0.2, 0) is 23.8 Å². The second-order valence-electron chi connectivity index (χ2n) is 7.88. The average molecular weight is 415 g/mol. The minimum Gasteiger partial charge on any atom is -0.464 e. The Morgan fingerprint density at radius 3 is 1.17 bits per heavy atom. The van der Waals surface area contributed by atoms with Crippen LogP contribution in [0.5, 0.6) is 0 Å². The van der Waals surface area contributed by atoms with E-state index in [9.17, 15) is 9.59 Å². The second-order valence-corrected chi connectivity index (χ2v) is 7.88. The molecule has 0 spiro atoms. The third kappa shape index (κ3) is 23.0. The molecule has 0 atom stereocenters. The number of ether oxygens (including phenoxy) is 3. The van der Waals surface area contributed by atoms with Crippen molar-refractivity contribution in [2.75, 3.05) is 26.4 Å². The molecule has 0 aliphatic rings. The molecule has 0 unspecified atom stereocenters. The molecular weight excluding hydrogens is 368 g/mol. The molecule has 5 nitrogen and oxygen atoms in total. The standard InChI is InChI=1S/C24H46O5/c1-3-5-7-9-10-11-12-13-14-15-16-18-20-29-24(26)22-27-21-23(25)28-19-17-8-6-4-2/h3-22H2,1-2H3. The summed E-state index contributed by atoms with van der Waals surface area (Å²) in [5.74, 6) is -0.834. The molecule has 0 N–H and O–H groups in total.